The first-order valence-electron chi connectivity index (χ1n) is 34.3. The van der Waals surface area contributed by atoms with E-state index >= 15 is 0 Å². The summed E-state index contributed by atoms with van der Waals surface area (Å²) in [5.41, 5.74) is 0. The first-order valence-corrected chi connectivity index (χ1v) is 35.8. The van der Waals surface area contributed by atoms with Gasteiger partial charge in [-0.2, -0.15) is 0 Å². The highest BCUT2D eigenvalue weighted by atomic mass is 31.2. The predicted octanol–water partition coefficient (Wildman–Crippen LogP) is 21.0. The minimum Gasteiger partial charge on any atom is -0.756 e. The van der Waals surface area contributed by atoms with Crippen LogP contribution in [0, 0.1) is 0 Å². The molecule has 0 heterocycles. The summed E-state index contributed by atoms with van der Waals surface area (Å²) in [5.74, 6) is -0.162. The summed E-state index contributed by atoms with van der Waals surface area (Å²) in [6.07, 6.45) is 79.2. The zero-order valence-corrected chi connectivity index (χ0v) is 53.8. The van der Waals surface area contributed by atoms with Crippen molar-refractivity contribution in [3.8, 4) is 0 Å². The van der Waals surface area contributed by atoms with Crippen molar-refractivity contribution in [3.63, 3.8) is 0 Å². The van der Waals surface area contributed by atoms with Crippen LogP contribution < -0.4 is 10.2 Å². The Hall–Kier alpha value is -1.28. The highest BCUT2D eigenvalue weighted by Crippen LogP contribution is 2.38. The van der Waals surface area contributed by atoms with Crippen molar-refractivity contribution in [1.82, 2.24) is 5.32 Å². The molecule has 0 radical (unpaired) electrons. The molecule has 0 aromatic heterocycles. The van der Waals surface area contributed by atoms with Gasteiger partial charge in [-0.15, -0.1) is 0 Å². The number of nitrogens with zero attached hydrogens (tertiary/aromatic N) is 1. The van der Waals surface area contributed by atoms with Crippen molar-refractivity contribution in [1.29, 1.82) is 0 Å². The molecule has 0 rings (SSSR count). The number of aliphatic hydroxyl groups excluding tert-OH is 1. The number of quaternary nitrogens is 1. The maximum atomic E-state index is 13.0. The number of nitrogens with one attached hydrogen (secondary N) is 1. The Balaban J connectivity index is 4.05. The van der Waals surface area contributed by atoms with Crippen LogP contribution in [0.15, 0.2) is 36.5 Å². The lowest BCUT2D eigenvalue weighted by Gasteiger charge is -2.30. The average molecular weight is 1120 g/mol. The van der Waals surface area contributed by atoms with Crippen LogP contribution in [-0.4, -0.2) is 68.5 Å². The van der Waals surface area contributed by atoms with E-state index in [9.17, 15) is 19.4 Å². The molecule has 0 saturated heterocycles. The van der Waals surface area contributed by atoms with E-state index in [2.05, 4.69) is 55.6 Å². The number of likely N-dealkylation sites (N-methyl/N-ethyl adjacent to an activating group) is 1. The molecule has 0 fully saturated rings. The van der Waals surface area contributed by atoms with Crippen molar-refractivity contribution in [2.75, 3.05) is 40.9 Å². The Morgan fingerprint density at radius 2 is 0.744 bits per heavy atom. The summed E-state index contributed by atoms with van der Waals surface area (Å²) in [4.78, 5) is 25.7. The quantitative estimate of drug-likeness (QED) is 0.0272. The van der Waals surface area contributed by atoms with E-state index in [1.807, 2.05) is 21.1 Å². The zero-order chi connectivity index (χ0) is 57.0. The van der Waals surface area contributed by atoms with Crippen molar-refractivity contribution >= 4 is 13.7 Å². The van der Waals surface area contributed by atoms with Crippen LogP contribution in [0.4, 0.5) is 0 Å². The minimum absolute atomic E-state index is 0.0126. The lowest BCUT2D eigenvalue weighted by molar-refractivity contribution is -0.870. The van der Waals surface area contributed by atoms with E-state index in [0.29, 0.717) is 23.9 Å². The predicted molar refractivity (Wildman–Crippen MR) is 339 cm³/mol. The van der Waals surface area contributed by atoms with Gasteiger partial charge in [0.1, 0.15) is 13.2 Å². The van der Waals surface area contributed by atoms with Gasteiger partial charge in [0.15, 0.2) is 0 Å². The SMILES string of the molecule is CCCCCCC/C=C\C/C=C\C/C=C\CCCCCCCCCCCCCCC(=O)NC(COP(=O)([O-])OCC[N+](C)(C)C)C(O)CCCCCCCCCCCCCCCCCCCCCCCCCCCCCCC. The maximum absolute atomic E-state index is 13.0. The fraction of sp³-hybridized carbons (Fsp3) is 0.899. The molecular weight excluding hydrogens is 984 g/mol. The Bertz CT molecular complexity index is 1360. The number of unbranched alkanes of at least 4 members (excludes halogenated alkanes) is 45. The molecule has 0 spiro atoms. The van der Waals surface area contributed by atoms with Gasteiger partial charge >= 0.3 is 0 Å². The maximum Gasteiger partial charge on any atom is 0.268 e. The lowest BCUT2D eigenvalue weighted by Crippen LogP contribution is -2.46. The molecule has 1 amide bonds. The molecule has 78 heavy (non-hydrogen) atoms. The lowest BCUT2D eigenvalue weighted by atomic mass is 10.0. The standard InChI is InChI=1S/C69H135N2O6P/c1-6-8-10-12-14-16-18-20-22-24-26-28-30-32-34-35-37-38-40-42-44-46-48-50-52-54-56-58-60-62-68(72)67(66-77-78(74,75)76-65-64-71(3,4)5)70-69(73)63-61-59-57-55-53-51-49-47-45-43-41-39-36-33-31-29-27-25-23-21-19-17-15-13-11-9-7-2/h19,21,25,27,31,33,67-68,72H,6-18,20,22-24,26,28-30,32,34-66H2,1-5H3,(H-,70,73,74,75)/b21-19-,27-25-,33-31-. The smallest absolute Gasteiger partial charge is 0.268 e. The molecule has 0 aliphatic rings. The van der Waals surface area contributed by atoms with Gasteiger partial charge in [0.2, 0.25) is 5.91 Å². The zero-order valence-electron chi connectivity index (χ0n) is 52.9. The van der Waals surface area contributed by atoms with E-state index in [1.165, 1.54) is 270 Å². The molecule has 2 N–H and O–H groups in total. The molecule has 0 aliphatic carbocycles. The van der Waals surface area contributed by atoms with Crippen molar-refractivity contribution in [3.05, 3.63) is 36.5 Å². The molecule has 9 heteroatoms. The van der Waals surface area contributed by atoms with Gasteiger partial charge in [-0.05, 0) is 51.4 Å². The van der Waals surface area contributed by atoms with Gasteiger partial charge in [0.05, 0.1) is 39.9 Å². The van der Waals surface area contributed by atoms with Crippen LogP contribution in [-0.2, 0) is 18.4 Å². The Morgan fingerprint density at radius 3 is 1.08 bits per heavy atom. The fourth-order valence-corrected chi connectivity index (χ4v) is 11.2. The molecule has 3 unspecified atom stereocenters. The van der Waals surface area contributed by atoms with Crippen LogP contribution in [0.2, 0.25) is 0 Å². The van der Waals surface area contributed by atoms with E-state index in [-0.39, 0.29) is 19.1 Å². The van der Waals surface area contributed by atoms with Gasteiger partial charge in [-0.1, -0.05) is 326 Å². The molecule has 0 aliphatic heterocycles. The number of amides is 1. The number of phosphoric ester groups is 1. The first kappa shape index (κ1) is 76.7. The summed E-state index contributed by atoms with van der Waals surface area (Å²) in [6.45, 7) is 4.76. The van der Waals surface area contributed by atoms with Crippen LogP contribution in [0.25, 0.3) is 0 Å². The summed E-state index contributed by atoms with van der Waals surface area (Å²) in [7, 11) is 1.32. The highest BCUT2D eigenvalue weighted by molar-refractivity contribution is 7.45. The minimum atomic E-state index is -4.58. The van der Waals surface area contributed by atoms with Crippen LogP contribution in [0.3, 0.4) is 0 Å². The van der Waals surface area contributed by atoms with Crippen LogP contribution in [0.5, 0.6) is 0 Å². The van der Waals surface area contributed by atoms with Gasteiger partial charge in [-0.3, -0.25) is 9.36 Å². The number of rotatable bonds is 64. The molecule has 0 bridgehead atoms. The summed E-state index contributed by atoms with van der Waals surface area (Å²) < 4.78 is 23.5. The van der Waals surface area contributed by atoms with Gasteiger partial charge < -0.3 is 28.8 Å². The summed E-state index contributed by atoms with van der Waals surface area (Å²) in [6, 6.07) is -0.804. The third-order valence-corrected chi connectivity index (χ3v) is 16.8. The van der Waals surface area contributed by atoms with Crippen molar-refractivity contribution < 1.29 is 32.9 Å². The Kier molecular flexibility index (Phi) is 59.3. The molecule has 8 nitrogen and oxygen atoms in total. The number of phosphoric acid groups is 1. The topological polar surface area (TPSA) is 108 Å². The monoisotopic (exact) mass is 1120 g/mol. The number of carbonyl (C=O) groups excluding carboxylic acids is 1. The van der Waals surface area contributed by atoms with Gasteiger partial charge in [0, 0.05) is 6.42 Å². The Morgan fingerprint density at radius 1 is 0.449 bits per heavy atom. The number of hydrogen-bond acceptors (Lipinski definition) is 6. The van der Waals surface area contributed by atoms with E-state index in [4.69, 9.17) is 9.05 Å². The van der Waals surface area contributed by atoms with Gasteiger partial charge in [-0.25, -0.2) is 0 Å². The molecule has 0 aromatic rings. The third kappa shape index (κ3) is 62.3. The van der Waals surface area contributed by atoms with Crippen LogP contribution in [0.1, 0.15) is 348 Å². The van der Waals surface area contributed by atoms with Crippen molar-refractivity contribution in [2.24, 2.45) is 0 Å². The second-order valence-corrected chi connectivity index (χ2v) is 26.3. The summed E-state index contributed by atoms with van der Waals surface area (Å²) >= 11 is 0. The average Bonchev–Trinajstić information content (AvgIpc) is 3.41. The molecule has 0 aromatic carbocycles. The van der Waals surface area contributed by atoms with E-state index < -0.39 is 20.0 Å². The second kappa shape index (κ2) is 60.3. The highest BCUT2D eigenvalue weighted by Gasteiger charge is 2.24. The number of carbonyl (C=O) groups is 1. The molecular formula is C69H135N2O6P. The first-order chi connectivity index (χ1) is 38.0. The number of aliphatic hydroxyl groups is 1. The van der Waals surface area contributed by atoms with Crippen LogP contribution >= 0.6 is 7.82 Å². The second-order valence-electron chi connectivity index (χ2n) is 24.9. The third-order valence-electron chi connectivity index (χ3n) is 15.9. The van der Waals surface area contributed by atoms with E-state index in [0.717, 1.165) is 51.4 Å². The number of allylic oxidation sites excluding steroid dienone is 6. The molecule has 462 valence electrons. The Labute approximate surface area is 487 Å². The number of hydrogen-bond donors (Lipinski definition) is 2. The van der Waals surface area contributed by atoms with Crippen molar-refractivity contribution in [2.45, 2.75) is 360 Å². The molecule has 0 saturated carbocycles. The van der Waals surface area contributed by atoms with Gasteiger partial charge in [0.25, 0.3) is 7.82 Å². The normalized spacial score (nSPS) is 13.9. The summed E-state index contributed by atoms with van der Waals surface area (Å²) in [5, 5.41) is 14.1. The fourth-order valence-electron chi connectivity index (χ4n) is 10.5. The molecule has 3 atom stereocenters. The largest absolute Gasteiger partial charge is 0.756 e. The van der Waals surface area contributed by atoms with E-state index in [1.54, 1.807) is 0 Å².